The molecule has 1 N–H and O–H groups in total. The minimum atomic E-state index is -0.0663. The molecule has 1 heteroatoms. The summed E-state index contributed by atoms with van der Waals surface area (Å²) in [6.07, 6.45) is 10.6. The summed E-state index contributed by atoms with van der Waals surface area (Å²) in [4.78, 5) is 0. The van der Waals surface area contributed by atoms with Gasteiger partial charge in [0.1, 0.15) is 0 Å². The van der Waals surface area contributed by atoms with Crippen molar-refractivity contribution < 1.29 is 5.11 Å². The lowest BCUT2D eigenvalue weighted by molar-refractivity contribution is -0.157. The van der Waals surface area contributed by atoms with Crippen molar-refractivity contribution in [2.45, 2.75) is 85.2 Å². The van der Waals surface area contributed by atoms with Gasteiger partial charge in [-0.25, -0.2) is 0 Å². The number of aliphatic hydroxyl groups is 1. The lowest BCUT2D eigenvalue weighted by Crippen LogP contribution is -2.55. The van der Waals surface area contributed by atoms with Gasteiger partial charge in [-0.15, -0.1) is 0 Å². The van der Waals surface area contributed by atoms with Crippen LogP contribution in [0, 0.1) is 28.1 Å². The van der Waals surface area contributed by atoms with E-state index in [-0.39, 0.29) is 6.10 Å². The zero-order valence-electron chi connectivity index (χ0n) is 13.3. The van der Waals surface area contributed by atoms with E-state index in [0.29, 0.717) is 22.2 Å². The van der Waals surface area contributed by atoms with E-state index in [9.17, 15) is 5.11 Å². The van der Waals surface area contributed by atoms with Crippen LogP contribution in [0.25, 0.3) is 0 Å². The summed E-state index contributed by atoms with van der Waals surface area (Å²) in [6, 6.07) is 0. The Morgan fingerprint density at radius 1 is 1.00 bits per heavy atom. The molecule has 4 aliphatic carbocycles. The summed E-state index contributed by atoms with van der Waals surface area (Å²) >= 11 is 0. The molecule has 4 fully saturated rings. The molecule has 0 saturated heterocycles. The van der Waals surface area contributed by atoms with Gasteiger partial charge in [0, 0.05) is 0 Å². The Kier molecular flexibility index (Phi) is 3.10. The van der Waals surface area contributed by atoms with Crippen LogP contribution in [-0.2, 0) is 0 Å². The van der Waals surface area contributed by atoms with Crippen LogP contribution in [0.3, 0.4) is 0 Å². The largest absolute Gasteiger partial charge is 0.393 e. The van der Waals surface area contributed by atoms with Gasteiger partial charge < -0.3 is 5.11 Å². The highest BCUT2D eigenvalue weighted by atomic mass is 16.3. The Morgan fingerprint density at radius 3 is 2.05 bits per heavy atom. The Hall–Kier alpha value is -0.0400. The SMILES string of the molecule is CC(C)CC(O)CC12CC3CC(C)(CC(C)(C3)C1)C2. The smallest absolute Gasteiger partial charge is 0.0548 e. The number of hydrogen-bond donors (Lipinski definition) is 1. The fourth-order valence-corrected chi connectivity index (χ4v) is 7.04. The van der Waals surface area contributed by atoms with Crippen molar-refractivity contribution in [2.75, 3.05) is 0 Å². The van der Waals surface area contributed by atoms with Gasteiger partial charge in [0.2, 0.25) is 0 Å². The van der Waals surface area contributed by atoms with Gasteiger partial charge in [0.05, 0.1) is 6.10 Å². The first-order chi connectivity index (χ1) is 8.72. The lowest BCUT2D eigenvalue weighted by Gasteiger charge is -2.66. The average Bonchev–Trinajstić information content (AvgIpc) is 2.06. The van der Waals surface area contributed by atoms with Gasteiger partial charge in [-0.3, -0.25) is 0 Å². The third-order valence-corrected chi connectivity index (χ3v) is 6.15. The highest BCUT2D eigenvalue weighted by Crippen LogP contribution is 2.70. The van der Waals surface area contributed by atoms with Gasteiger partial charge in [-0.2, -0.15) is 0 Å². The molecule has 1 nitrogen and oxygen atoms in total. The van der Waals surface area contributed by atoms with E-state index in [1.165, 1.54) is 38.5 Å². The molecule has 4 rings (SSSR count). The first-order valence-electron chi connectivity index (χ1n) is 8.40. The first-order valence-corrected chi connectivity index (χ1v) is 8.40. The fourth-order valence-electron chi connectivity index (χ4n) is 7.04. The summed E-state index contributed by atoms with van der Waals surface area (Å²) in [5, 5.41) is 10.4. The molecule has 0 aromatic carbocycles. The minimum Gasteiger partial charge on any atom is -0.393 e. The predicted molar refractivity (Wildman–Crippen MR) is 79.9 cm³/mol. The quantitative estimate of drug-likeness (QED) is 0.774. The lowest BCUT2D eigenvalue weighted by atomic mass is 9.39. The minimum absolute atomic E-state index is 0.0663. The van der Waals surface area contributed by atoms with Gasteiger partial charge in [0.25, 0.3) is 0 Å². The zero-order valence-corrected chi connectivity index (χ0v) is 13.3. The summed E-state index contributed by atoms with van der Waals surface area (Å²) in [5.41, 5.74) is 1.66. The molecule has 0 aromatic rings. The van der Waals surface area contributed by atoms with E-state index in [1.54, 1.807) is 0 Å². The Morgan fingerprint density at radius 2 is 1.58 bits per heavy atom. The standard InChI is InChI=1S/C18H32O/c1-13(2)5-15(19)9-18-8-14-6-16(3,11-18)10-17(4,7-14)12-18/h13-15,19H,5-12H2,1-4H3. The van der Waals surface area contributed by atoms with Crippen LogP contribution in [0.5, 0.6) is 0 Å². The molecule has 19 heavy (non-hydrogen) atoms. The van der Waals surface area contributed by atoms with Crippen molar-refractivity contribution in [3.8, 4) is 0 Å². The molecular weight excluding hydrogens is 232 g/mol. The van der Waals surface area contributed by atoms with Gasteiger partial charge in [-0.05, 0) is 79.4 Å². The van der Waals surface area contributed by atoms with Crippen molar-refractivity contribution in [3.05, 3.63) is 0 Å². The summed E-state index contributed by atoms with van der Waals surface area (Å²) < 4.78 is 0. The van der Waals surface area contributed by atoms with Crippen molar-refractivity contribution in [1.82, 2.24) is 0 Å². The van der Waals surface area contributed by atoms with Crippen LogP contribution in [0.15, 0.2) is 0 Å². The highest BCUT2D eigenvalue weighted by Gasteiger charge is 2.60. The molecule has 4 saturated carbocycles. The number of hydrogen-bond acceptors (Lipinski definition) is 1. The van der Waals surface area contributed by atoms with E-state index in [2.05, 4.69) is 27.7 Å². The Balaban J connectivity index is 1.77. The third-order valence-electron chi connectivity index (χ3n) is 6.15. The Bertz CT molecular complexity index is 341. The molecule has 0 amide bonds. The molecule has 3 atom stereocenters. The molecule has 0 radical (unpaired) electrons. The molecule has 4 bridgehead atoms. The molecule has 4 aliphatic rings. The number of rotatable bonds is 4. The van der Waals surface area contributed by atoms with Crippen LogP contribution in [0.2, 0.25) is 0 Å². The summed E-state index contributed by atoms with van der Waals surface area (Å²) in [5.74, 6) is 1.58. The second-order valence-corrected chi connectivity index (χ2v) is 9.62. The molecule has 0 aliphatic heterocycles. The zero-order chi connectivity index (χ0) is 13.9. The number of aliphatic hydroxyl groups excluding tert-OH is 1. The first kappa shape index (κ1) is 13.9. The highest BCUT2D eigenvalue weighted by molar-refractivity contribution is 5.10. The summed E-state index contributed by atoms with van der Waals surface area (Å²) in [7, 11) is 0. The average molecular weight is 264 g/mol. The van der Waals surface area contributed by atoms with E-state index in [1.807, 2.05) is 0 Å². The van der Waals surface area contributed by atoms with Crippen LogP contribution in [-0.4, -0.2) is 11.2 Å². The molecule has 0 spiro atoms. The molecule has 0 heterocycles. The van der Waals surface area contributed by atoms with Crippen molar-refractivity contribution in [3.63, 3.8) is 0 Å². The van der Waals surface area contributed by atoms with Crippen molar-refractivity contribution >= 4 is 0 Å². The maximum Gasteiger partial charge on any atom is 0.0548 e. The molecule has 3 unspecified atom stereocenters. The molecule has 110 valence electrons. The second-order valence-electron chi connectivity index (χ2n) is 9.62. The fraction of sp³-hybridized carbons (Fsp3) is 1.00. The monoisotopic (exact) mass is 264 g/mol. The summed E-state index contributed by atoms with van der Waals surface area (Å²) in [6.45, 7) is 9.51. The second kappa shape index (κ2) is 4.23. The molecule has 0 aromatic heterocycles. The normalized spacial score (nSPS) is 49.9. The van der Waals surface area contributed by atoms with Crippen LogP contribution in [0.1, 0.15) is 79.1 Å². The Labute approximate surface area is 119 Å². The van der Waals surface area contributed by atoms with Crippen LogP contribution >= 0.6 is 0 Å². The molecular formula is C18H32O. The van der Waals surface area contributed by atoms with Gasteiger partial charge >= 0.3 is 0 Å². The maximum atomic E-state index is 10.4. The van der Waals surface area contributed by atoms with Crippen molar-refractivity contribution in [1.29, 1.82) is 0 Å². The van der Waals surface area contributed by atoms with Crippen molar-refractivity contribution in [2.24, 2.45) is 28.1 Å². The van der Waals surface area contributed by atoms with E-state index in [4.69, 9.17) is 0 Å². The maximum absolute atomic E-state index is 10.4. The van der Waals surface area contributed by atoms with E-state index in [0.717, 1.165) is 18.8 Å². The van der Waals surface area contributed by atoms with E-state index >= 15 is 0 Å². The van der Waals surface area contributed by atoms with Gasteiger partial charge in [-0.1, -0.05) is 27.7 Å². The topological polar surface area (TPSA) is 20.2 Å². The van der Waals surface area contributed by atoms with E-state index < -0.39 is 0 Å². The predicted octanol–water partition coefficient (Wildman–Crippen LogP) is 4.78. The van der Waals surface area contributed by atoms with Crippen LogP contribution < -0.4 is 0 Å². The third kappa shape index (κ3) is 2.60. The van der Waals surface area contributed by atoms with Crippen LogP contribution in [0.4, 0.5) is 0 Å². The van der Waals surface area contributed by atoms with Gasteiger partial charge in [0.15, 0.2) is 0 Å².